The van der Waals surface area contributed by atoms with E-state index in [-0.39, 0.29) is 17.4 Å². The minimum atomic E-state index is -4.54. The third-order valence-electron chi connectivity index (χ3n) is 3.68. The van der Waals surface area contributed by atoms with E-state index in [1.165, 1.54) is 6.07 Å². The number of hydrogen-bond acceptors (Lipinski definition) is 3. The number of benzene rings is 1. The van der Waals surface area contributed by atoms with Crippen LogP contribution >= 0.6 is 0 Å². The van der Waals surface area contributed by atoms with Gasteiger partial charge < -0.3 is 10.5 Å². The number of carbonyl (C=O) groups excluding carboxylic acids is 1. The van der Waals surface area contributed by atoms with Crippen molar-refractivity contribution in [2.75, 3.05) is 5.73 Å². The van der Waals surface area contributed by atoms with Gasteiger partial charge in [-0.3, -0.25) is 0 Å². The second-order valence-corrected chi connectivity index (χ2v) is 5.64. The van der Waals surface area contributed by atoms with Crippen LogP contribution in [0.2, 0.25) is 0 Å². The normalized spacial score (nSPS) is 22.9. The summed E-state index contributed by atoms with van der Waals surface area (Å²) in [6.45, 7) is 2.07. The van der Waals surface area contributed by atoms with E-state index >= 15 is 0 Å². The summed E-state index contributed by atoms with van der Waals surface area (Å²) in [7, 11) is 0. The Morgan fingerprint density at radius 2 is 2.00 bits per heavy atom. The van der Waals surface area contributed by atoms with Gasteiger partial charge in [0.1, 0.15) is 6.10 Å². The average molecular weight is 301 g/mol. The maximum absolute atomic E-state index is 12.7. The van der Waals surface area contributed by atoms with Gasteiger partial charge in [0.2, 0.25) is 0 Å². The van der Waals surface area contributed by atoms with Crippen LogP contribution in [0.5, 0.6) is 0 Å². The van der Waals surface area contributed by atoms with Crippen LogP contribution in [0.15, 0.2) is 18.2 Å². The van der Waals surface area contributed by atoms with Crippen molar-refractivity contribution in [2.24, 2.45) is 5.92 Å². The molecule has 1 aliphatic rings. The van der Waals surface area contributed by atoms with Gasteiger partial charge in [0.05, 0.1) is 11.1 Å². The minimum Gasteiger partial charge on any atom is -0.459 e. The lowest BCUT2D eigenvalue weighted by Crippen LogP contribution is -2.24. The number of alkyl halides is 3. The molecule has 1 aliphatic carbocycles. The number of anilines is 1. The summed E-state index contributed by atoms with van der Waals surface area (Å²) in [4.78, 5) is 12.0. The molecule has 0 spiro atoms. The van der Waals surface area contributed by atoms with Crippen molar-refractivity contribution in [1.29, 1.82) is 0 Å². The van der Waals surface area contributed by atoms with Gasteiger partial charge in [-0.2, -0.15) is 13.2 Å². The molecule has 0 radical (unpaired) electrons. The van der Waals surface area contributed by atoms with Gasteiger partial charge in [-0.1, -0.05) is 13.3 Å². The molecule has 0 heterocycles. The number of ether oxygens (including phenoxy) is 1. The van der Waals surface area contributed by atoms with E-state index in [0.29, 0.717) is 5.92 Å². The van der Waals surface area contributed by atoms with E-state index in [0.717, 1.165) is 37.8 Å². The van der Waals surface area contributed by atoms with Crippen LogP contribution in [0.4, 0.5) is 18.9 Å². The zero-order valence-corrected chi connectivity index (χ0v) is 11.7. The molecule has 21 heavy (non-hydrogen) atoms. The first-order valence-corrected chi connectivity index (χ1v) is 6.94. The smallest absolute Gasteiger partial charge is 0.416 e. The summed E-state index contributed by atoms with van der Waals surface area (Å²) in [5, 5.41) is 0. The molecular formula is C15H18F3NO2. The molecule has 2 atom stereocenters. The molecule has 1 fully saturated rings. The quantitative estimate of drug-likeness (QED) is 0.663. The highest BCUT2D eigenvalue weighted by molar-refractivity contribution is 5.90. The zero-order valence-electron chi connectivity index (χ0n) is 11.7. The molecule has 3 nitrogen and oxygen atoms in total. The van der Waals surface area contributed by atoms with Gasteiger partial charge in [0.15, 0.2) is 0 Å². The van der Waals surface area contributed by atoms with Gasteiger partial charge >= 0.3 is 12.1 Å². The van der Waals surface area contributed by atoms with E-state index in [1.54, 1.807) is 0 Å². The molecule has 1 aromatic rings. The Labute approximate surface area is 121 Å². The van der Waals surface area contributed by atoms with Gasteiger partial charge in [-0.05, 0) is 43.4 Å². The molecule has 0 saturated heterocycles. The lowest BCUT2D eigenvalue weighted by Gasteiger charge is -2.26. The molecule has 0 bridgehead atoms. The van der Waals surface area contributed by atoms with Crippen LogP contribution in [0.3, 0.4) is 0 Å². The third-order valence-corrected chi connectivity index (χ3v) is 3.68. The van der Waals surface area contributed by atoms with Crippen molar-refractivity contribution in [1.82, 2.24) is 0 Å². The topological polar surface area (TPSA) is 52.3 Å². The van der Waals surface area contributed by atoms with Crippen molar-refractivity contribution in [3.63, 3.8) is 0 Å². The van der Waals surface area contributed by atoms with Crippen LogP contribution in [-0.2, 0) is 10.9 Å². The van der Waals surface area contributed by atoms with Crippen molar-refractivity contribution in [3.05, 3.63) is 29.3 Å². The van der Waals surface area contributed by atoms with Gasteiger partial charge in [0.25, 0.3) is 0 Å². The first kappa shape index (κ1) is 15.7. The molecule has 6 heteroatoms. The molecule has 2 unspecified atom stereocenters. The Morgan fingerprint density at radius 1 is 1.29 bits per heavy atom. The minimum absolute atomic E-state index is 0.103. The van der Waals surface area contributed by atoms with E-state index < -0.39 is 17.7 Å². The second-order valence-electron chi connectivity index (χ2n) is 5.64. The summed E-state index contributed by atoms with van der Waals surface area (Å²) in [5.41, 5.74) is 4.25. The van der Waals surface area contributed by atoms with Crippen LogP contribution in [0.25, 0.3) is 0 Å². The van der Waals surface area contributed by atoms with Crippen LogP contribution in [-0.4, -0.2) is 12.1 Å². The molecule has 2 N–H and O–H groups in total. The van der Waals surface area contributed by atoms with Crippen molar-refractivity contribution < 1.29 is 22.7 Å². The molecule has 1 saturated carbocycles. The highest BCUT2D eigenvalue weighted by Gasteiger charge is 2.32. The second kappa shape index (κ2) is 5.95. The highest BCUT2D eigenvalue weighted by Crippen LogP contribution is 2.32. The molecule has 116 valence electrons. The van der Waals surface area contributed by atoms with Gasteiger partial charge in [-0.15, -0.1) is 0 Å². The fourth-order valence-electron chi connectivity index (χ4n) is 2.64. The predicted molar refractivity (Wildman–Crippen MR) is 72.7 cm³/mol. The Bertz CT molecular complexity index is 528. The van der Waals surface area contributed by atoms with E-state index in [2.05, 4.69) is 6.92 Å². The Balaban J connectivity index is 2.13. The largest absolute Gasteiger partial charge is 0.459 e. The van der Waals surface area contributed by atoms with Crippen LogP contribution in [0, 0.1) is 5.92 Å². The summed E-state index contributed by atoms with van der Waals surface area (Å²) < 4.78 is 43.4. The third kappa shape index (κ3) is 4.12. The SMILES string of the molecule is CC1CCCC(OC(=O)c2cc(N)cc(C(F)(F)F)c2)C1. The van der Waals surface area contributed by atoms with Crippen molar-refractivity contribution in [2.45, 2.75) is 44.9 Å². The number of rotatable bonds is 2. The maximum atomic E-state index is 12.7. The Kier molecular flexibility index (Phi) is 4.44. The molecular weight excluding hydrogens is 283 g/mol. The molecule has 2 rings (SSSR count). The highest BCUT2D eigenvalue weighted by atomic mass is 19.4. The van der Waals surface area contributed by atoms with Crippen LogP contribution in [0.1, 0.15) is 48.5 Å². The zero-order chi connectivity index (χ0) is 15.6. The van der Waals surface area contributed by atoms with E-state index in [4.69, 9.17) is 10.5 Å². The number of carbonyl (C=O) groups is 1. The maximum Gasteiger partial charge on any atom is 0.416 e. The lowest BCUT2D eigenvalue weighted by atomic mass is 9.89. The lowest BCUT2D eigenvalue weighted by molar-refractivity contribution is -0.137. The number of hydrogen-bond donors (Lipinski definition) is 1. The molecule has 0 amide bonds. The average Bonchev–Trinajstić information content (AvgIpc) is 2.37. The molecule has 0 aliphatic heterocycles. The number of esters is 1. The van der Waals surface area contributed by atoms with E-state index in [1.807, 2.05) is 0 Å². The summed E-state index contributed by atoms with van der Waals surface area (Å²) in [6, 6.07) is 2.80. The van der Waals surface area contributed by atoms with Gasteiger partial charge in [-0.25, -0.2) is 4.79 Å². The Morgan fingerprint density at radius 3 is 2.62 bits per heavy atom. The fourth-order valence-corrected chi connectivity index (χ4v) is 2.64. The van der Waals surface area contributed by atoms with Crippen molar-refractivity contribution >= 4 is 11.7 Å². The van der Waals surface area contributed by atoms with E-state index in [9.17, 15) is 18.0 Å². The number of nitrogen functional groups attached to an aromatic ring is 1. The fraction of sp³-hybridized carbons (Fsp3) is 0.533. The summed E-state index contributed by atoms with van der Waals surface area (Å²) >= 11 is 0. The summed E-state index contributed by atoms with van der Waals surface area (Å²) in [5.74, 6) is -0.282. The summed E-state index contributed by atoms with van der Waals surface area (Å²) in [6.07, 6.45) is -1.21. The number of nitrogens with two attached hydrogens (primary N) is 1. The standard InChI is InChI=1S/C15H18F3NO2/c1-9-3-2-4-13(5-9)21-14(20)10-6-11(15(16,17)18)8-12(19)7-10/h6-9,13H,2-5,19H2,1H3. The van der Waals surface area contributed by atoms with Crippen molar-refractivity contribution in [3.8, 4) is 0 Å². The van der Waals surface area contributed by atoms with Gasteiger partial charge in [0, 0.05) is 5.69 Å². The first-order chi connectivity index (χ1) is 9.75. The predicted octanol–water partition coefficient (Wildman–Crippen LogP) is 4.02. The first-order valence-electron chi connectivity index (χ1n) is 6.94. The monoisotopic (exact) mass is 301 g/mol. The molecule has 1 aromatic carbocycles. The molecule has 0 aromatic heterocycles. The van der Waals surface area contributed by atoms with Crippen LogP contribution < -0.4 is 5.73 Å². The Hall–Kier alpha value is -1.72. The number of halogens is 3.